The molecule has 0 radical (unpaired) electrons. The van der Waals surface area contributed by atoms with Gasteiger partial charge < -0.3 is 34.4 Å². The van der Waals surface area contributed by atoms with Gasteiger partial charge in [0.05, 0.1) is 24.5 Å². The number of hydrogen-bond acceptors (Lipinski definition) is 11. The van der Waals surface area contributed by atoms with E-state index < -0.39 is 11.5 Å². The Labute approximate surface area is 259 Å². The van der Waals surface area contributed by atoms with E-state index in [1.54, 1.807) is 18.1 Å². The SMILES string of the molecule is Cc1cnc2ccc(-c3nc(C(=O)NCc4cccc(N5CC(N(C)C(=O)OC(C)(C)C)C5)n4)c(N)nc3-c3ncco3)cn12. The summed E-state index contributed by atoms with van der Waals surface area (Å²) >= 11 is 0. The number of amides is 2. The van der Waals surface area contributed by atoms with Crippen LogP contribution in [0.1, 0.15) is 42.6 Å². The zero-order chi connectivity index (χ0) is 31.9. The van der Waals surface area contributed by atoms with Crippen molar-refractivity contribution in [3.8, 4) is 22.8 Å². The van der Waals surface area contributed by atoms with Gasteiger partial charge in [0.2, 0.25) is 5.89 Å². The summed E-state index contributed by atoms with van der Waals surface area (Å²) in [5.41, 5.74) is 9.39. The summed E-state index contributed by atoms with van der Waals surface area (Å²) in [6.45, 7) is 8.85. The van der Waals surface area contributed by atoms with Crippen LogP contribution in [-0.4, -0.2) is 78.0 Å². The predicted molar refractivity (Wildman–Crippen MR) is 166 cm³/mol. The Morgan fingerprint density at radius 2 is 1.91 bits per heavy atom. The highest BCUT2D eigenvalue weighted by atomic mass is 16.6. The Kier molecular flexibility index (Phi) is 7.56. The molecule has 1 fully saturated rings. The number of pyridine rings is 2. The summed E-state index contributed by atoms with van der Waals surface area (Å²) in [6, 6.07) is 9.30. The lowest BCUT2D eigenvalue weighted by Crippen LogP contribution is -2.60. The largest absolute Gasteiger partial charge is 0.444 e. The monoisotopic (exact) mass is 610 g/mol. The van der Waals surface area contributed by atoms with E-state index in [-0.39, 0.29) is 36.1 Å². The molecule has 45 heavy (non-hydrogen) atoms. The van der Waals surface area contributed by atoms with Crippen molar-refractivity contribution >= 4 is 29.3 Å². The van der Waals surface area contributed by atoms with Gasteiger partial charge in [-0.05, 0) is 52.0 Å². The molecule has 2 amide bonds. The maximum atomic E-state index is 13.4. The van der Waals surface area contributed by atoms with Gasteiger partial charge in [0.1, 0.15) is 29.0 Å². The van der Waals surface area contributed by atoms with Crippen LogP contribution in [0.4, 0.5) is 16.4 Å². The highest BCUT2D eigenvalue weighted by molar-refractivity contribution is 5.97. The van der Waals surface area contributed by atoms with Gasteiger partial charge in [0, 0.05) is 43.8 Å². The summed E-state index contributed by atoms with van der Waals surface area (Å²) in [4.78, 5) is 51.9. The number of ether oxygens (including phenoxy) is 1. The van der Waals surface area contributed by atoms with Crippen LogP contribution in [0.5, 0.6) is 0 Å². The number of anilines is 2. The molecule has 3 N–H and O–H groups in total. The summed E-state index contributed by atoms with van der Waals surface area (Å²) in [7, 11) is 1.74. The van der Waals surface area contributed by atoms with E-state index in [4.69, 9.17) is 19.9 Å². The summed E-state index contributed by atoms with van der Waals surface area (Å²) < 4.78 is 12.9. The zero-order valence-electron chi connectivity index (χ0n) is 25.7. The van der Waals surface area contributed by atoms with Crippen molar-refractivity contribution in [3.05, 3.63) is 72.3 Å². The molecule has 5 aromatic heterocycles. The molecule has 0 aliphatic carbocycles. The number of aromatic nitrogens is 6. The number of fused-ring (bicyclic) bond motifs is 1. The summed E-state index contributed by atoms with van der Waals surface area (Å²) in [6.07, 6.45) is 6.22. The van der Waals surface area contributed by atoms with Gasteiger partial charge in [-0.2, -0.15) is 0 Å². The Morgan fingerprint density at radius 3 is 2.64 bits per heavy atom. The van der Waals surface area contributed by atoms with Crippen LogP contribution in [0.15, 0.2) is 59.6 Å². The number of carbonyl (C=O) groups is 2. The second-order valence-corrected chi connectivity index (χ2v) is 11.9. The molecule has 232 valence electrons. The Bertz CT molecular complexity index is 1870. The van der Waals surface area contributed by atoms with Gasteiger partial charge in [-0.3, -0.25) is 4.79 Å². The van der Waals surface area contributed by atoms with Gasteiger partial charge in [-0.1, -0.05) is 6.07 Å². The second-order valence-electron chi connectivity index (χ2n) is 11.9. The molecule has 6 heterocycles. The minimum Gasteiger partial charge on any atom is -0.444 e. The van der Waals surface area contributed by atoms with E-state index in [0.717, 1.165) is 17.2 Å². The minimum atomic E-state index is -0.556. The number of nitrogens with two attached hydrogens (primary N) is 1. The number of nitrogens with zero attached hydrogens (tertiary/aromatic N) is 8. The van der Waals surface area contributed by atoms with Crippen molar-refractivity contribution in [2.24, 2.45) is 0 Å². The third kappa shape index (κ3) is 6.12. The van der Waals surface area contributed by atoms with E-state index in [0.29, 0.717) is 35.7 Å². The van der Waals surface area contributed by atoms with Crippen LogP contribution in [-0.2, 0) is 11.3 Å². The van der Waals surface area contributed by atoms with Gasteiger partial charge >= 0.3 is 6.09 Å². The molecule has 14 heteroatoms. The van der Waals surface area contributed by atoms with E-state index in [1.165, 1.54) is 12.5 Å². The third-order valence-corrected chi connectivity index (χ3v) is 7.37. The van der Waals surface area contributed by atoms with E-state index in [9.17, 15) is 9.59 Å². The molecule has 5 aromatic rings. The molecule has 0 saturated carbocycles. The Balaban J connectivity index is 1.17. The fraction of sp³-hybridized carbons (Fsp3) is 0.323. The van der Waals surface area contributed by atoms with Gasteiger partial charge in [0.15, 0.2) is 17.2 Å². The number of carbonyl (C=O) groups excluding carboxylic acids is 2. The van der Waals surface area contributed by atoms with Crippen LogP contribution >= 0.6 is 0 Å². The maximum absolute atomic E-state index is 13.4. The zero-order valence-corrected chi connectivity index (χ0v) is 25.7. The third-order valence-electron chi connectivity index (χ3n) is 7.37. The fourth-order valence-electron chi connectivity index (χ4n) is 4.92. The number of nitrogen functional groups attached to an aromatic ring is 1. The van der Waals surface area contributed by atoms with Crippen molar-refractivity contribution in [1.82, 2.24) is 39.5 Å². The van der Waals surface area contributed by atoms with Crippen molar-refractivity contribution in [3.63, 3.8) is 0 Å². The number of nitrogens with one attached hydrogen (secondary N) is 1. The topological polar surface area (TPSA) is 170 Å². The lowest BCUT2D eigenvalue weighted by Gasteiger charge is -2.44. The number of hydrogen-bond donors (Lipinski definition) is 2. The summed E-state index contributed by atoms with van der Waals surface area (Å²) in [5.74, 6) is 0.407. The molecule has 0 aromatic carbocycles. The van der Waals surface area contributed by atoms with Crippen molar-refractivity contribution in [1.29, 1.82) is 0 Å². The quantitative estimate of drug-likeness (QED) is 0.275. The van der Waals surface area contributed by atoms with Crippen LogP contribution < -0.4 is 16.0 Å². The molecule has 14 nitrogen and oxygen atoms in total. The molecule has 0 bridgehead atoms. The van der Waals surface area contributed by atoms with Gasteiger partial charge in [0.25, 0.3) is 5.91 Å². The van der Waals surface area contributed by atoms with E-state index in [1.807, 2.05) is 68.6 Å². The lowest BCUT2D eigenvalue weighted by molar-refractivity contribution is 0.0196. The molecule has 1 saturated heterocycles. The standard InChI is InChI=1S/C31H34N10O4/c1-18-13-34-22-10-9-19(15-41(18)22)24-25(29-33-11-12-44-29)38-27(32)26(37-24)28(42)35-14-20-7-6-8-23(36-20)40-16-21(17-40)39(5)30(43)45-31(2,3)4/h6-13,15,21H,14,16-17H2,1-5H3,(H2,32,38)(H,35,42). The van der Waals surface area contributed by atoms with E-state index in [2.05, 4.69) is 30.2 Å². The molecule has 0 atom stereocenters. The molecular formula is C31H34N10O4. The minimum absolute atomic E-state index is 0.0125. The van der Waals surface area contributed by atoms with Gasteiger partial charge in [-0.25, -0.2) is 29.7 Å². The molecule has 1 aliphatic heterocycles. The first-order valence-corrected chi connectivity index (χ1v) is 14.4. The van der Waals surface area contributed by atoms with Crippen LogP contribution in [0.25, 0.3) is 28.5 Å². The number of oxazole rings is 1. The van der Waals surface area contributed by atoms with Crippen molar-refractivity contribution in [2.75, 3.05) is 30.8 Å². The first kappa shape index (κ1) is 29.5. The normalized spacial score (nSPS) is 13.5. The Hall–Kier alpha value is -5.53. The highest BCUT2D eigenvalue weighted by Crippen LogP contribution is 2.30. The molecule has 0 spiro atoms. The first-order chi connectivity index (χ1) is 21.5. The van der Waals surface area contributed by atoms with Gasteiger partial charge in [-0.15, -0.1) is 0 Å². The first-order valence-electron chi connectivity index (χ1n) is 14.4. The van der Waals surface area contributed by atoms with Crippen LogP contribution in [0.3, 0.4) is 0 Å². The number of likely N-dealkylation sites (N-methyl/N-ethyl adjacent to an activating group) is 1. The molecule has 1 aliphatic rings. The maximum Gasteiger partial charge on any atom is 0.410 e. The Morgan fingerprint density at radius 1 is 1.11 bits per heavy atom. The summed E-state index contributed by atoms with van der Waals surface area (Å²) in [5, 5.41) is 2.86. The number of imidazole rings is 1. The van der Waals surface area contributed by atoms with E-state index >= 15 is 0 Å². The smallest absolute Gasteiger partial charge is 0.410 e. The predicted octanol–water partition coefficient (Wildman–Crippen LogP) is 3.72. The second kappa shape index (κ2) is 11.5. The average Bonchev–Trinajstić information content (AvgIpc) is 3.64. The lowest BCUT2D eigenvalue weighted by atomic mass is 10.1. The van der Waals surface area contributed by atoms with Crippen LogP contribution in [0, 0.1) is 6.92 Å². The van der Waals surface area contributed by atoms with Crippen molar-refractivity contribution < 1.29 is 18.7 Å². The van der Waals surface area contributed by atoms with Crippen LogP contribution in [0.2, 0.25) is 0 Å². The number of aryl methyl sites for hydroxylation is 1. The van der Waals surface area contributed by atoms with Crippen molar-refractivity contribution in [2.45, 2.75) is 45.9 Å². The molecule has 0 unspecified atom stereocenters. The molecule has 6 rings (SSSR count). The number of rotatable bonds is 7. The molecular weight excluding hydrogens is 576 g/mol. The average molecular weight is 611 g/mol. The fourth-order valence-corrected chi connectivity index (χ4v) is 4.92. The highest BCUT2D eigenvalue weighted by Gasteiger charge is 2.35.